The molecule has 1 aromatic rings. The number of halogens is 4. The van der Waals surface area contributed by atoms with E-state index in [1.807, 2.05) is 0 Å². The zero-order valence-corrected chi connectivity index (χ0v) is 9.27. The molecule has 0 radical (unpaired) electrons. The van der Waals surface area contributed by atoms with E-state index in [0.29, 0.717) is 12.5 Å². The molecule has 1 rings (SSSR count). The van der Waals surface area contributed by atoms with Crippen molar-refractivity contribution in [3.05, 3.63) is 35.1 Å². The van der Waals surface area contributed by atoms with E-state index in [9.17, 15) is 22.4 Å². The van der Waals surface area contributed by atoms with Gasteiger partial charge in [0, 0.05) is 12.8 Å². The zero-order valence-electron chi connectivity index (χ0n) is 9.27. The molecule has 0 aromatic heterocycles. The maximum absolute atomic E-state index is 12.8. The van der Waals surface area contributed by atoms with Crippen LogP contribution in [0.5, 0.6) is 0 Å². The van der Waals surface area contributed by atoms with Crippen LogP contribution >= 0.6 is 0 Å². The second-order valence-electron chi connectivity index (χ2n) is 3.69. The quantitative estimate of drug-likeness (QED) is 0.741. The number of rotatable bonds is 4. The fraction of sp³-hybridized carbons (Fsp3) is 0.417. The van der Waals surface area contributed by atoms with Crippen molar-refractivity contribution >= 4 is 5.78 Å². The van der Waals surface area contributed by atoms with Crippen molar-refractivity contribution < 1.29 is 22.4 Å². The number of alkyl halides is 3. The van der Waals surface area contributed by atoms with E-state index in [-0.39, 0.29) is 24.2 Å². The predicted molar refractivity (Wildman–Crippen MR) is 55.0 cm³/mol. The van der Waals surface area contributed by atoms with Crippen LogP contribution in [0.15, 0.2) is 18.2 Å². The summed E-state index contributed by atoms with van der Waals surface area (Å²) in [6.07, 6.45) is -4.26. The smallest absolute Gasteiger partial charge is 0.300 e. The van der Waals surface area contributed by atoms with Crippen LogP contribution in [-0.4, -0.2) is 5.78 Å². The van der Waals surface area contributed by atoms with E-state index in [1.165, 1.54) is 0 Å². The molecular formula is C12H12F4O. The van der Waals surface area contributed by atoms with E-state index < -0.39 is 17.6 Å². The average Bonchev–Trinajstić information content (AvgIpc) is 2.25. The van der Waals surface area contributed by atoms with Crippen LogP contribution in [0.3, 0.4) is 0 Å². The van der Waals surface area contributed by atoms with E-state index in [1.54, 1.807) is 6.92 Å². The van der Waals surface area contributed by atoms with Gasteiger partial charge in [0.15, 0.2) is 0 Å². The van der Waals surface area contributed by atoms with Crippen molar-refractivity contribution in [3.63, 3.8) is 0 Å². The molecule has 0 N–H and O–H groups in total. The van der Waals surface area contributed by atoms with Gasteiger partial charge in [0.2, 0.25) is 0 Å². The average molecular weight is 248 g/mol. The molecule has 0 fully saturated rings. The summed E-state index contributed by atoms with van der Waals surface area (Å²) in [7, 11) is 0. The highest BCUT2D eigenvalue weighted by atomic mass is 19.4. The molecule has 0 saturated heterocycles. The molecule has 0 amide bonds. The van der Waals surface area contributed by atoms with Gasteiger partial charge in [0.25, 0.3) is 0 Å². The van der Waals surface area contributed by atoms with Crippen LogP contribution < -0.4 is 0 Å². The normalized spacial score (nSPS) is 11.6. The maximum Gasteiger partial charge on any atom is 0.416 e. The van der Waals surface area contributed by atoms with Crippen LogP contribution in [0, 0.1) is 5.82 Å². The summed E-state index contributed by atoms with van der Waals surface area (Å²) in [6.45, 7) is 1.65. The van der Waals surface area contributed by atoms with Crippen LogP contribution in [-0.2, 0) is 17.4 Å². The van der Waals surface area contributed by atoms with Gasteiger partial charge < -0.3 is 0 Å². The summed E-state index contributed by atoms with van der Waals surface area (Å²) in [5.74, 6) is -1.04. The fourth-order valence-corrected chi connectivity index (χ4v) is 1.48. The van der Waals surface area contributed by atoms with Gasteiger partial charge in [-0.25, -0.2) is 4.39 Å². The van der Waals surface area contributed by atoms with E-state index in [4.69, 9.17) is 0 Å². The van der Waals surface area contributed by atoms with E-state index in [0.717, 1.165) is 12.1 Å². The van der Waals surface area contributed by atoms with Gasteiger partial charge >= 0.3 is 6.18 Å². The van der Waals surface area contributed by atoms with Crippen molar-refractivity contribution in [1.29, 1.82) is 0 Å². The zero-order chi connectivity index (χ0) is 13.1. The first-order chi connectivity index (χ1) is 7.84. The van der Waals surface area contributed by atoms with Gasteiger partial charge in [-0.15, -0.1) is 0 Å². The molecule has 17 heavy (non-hydrogen) atoms. The molecule has 0 bridgehead atoms. The SMILES string of the molecule is CCC(=O)CCc1ccc(F)cc1C(F)(F)F. The molecule has 0 saturated carbocycles. The molecule has 0 spiro atoms. The lowest BCUT2D eigenvalue weighted by Gasteiger charge is -2.12. The first kappa shape index (κ1) is 13.7. The highest BCUT2D eigenvalue weighted by molar-refractivity contribution is 5.78. The summed E-state index contributed by atoms with van der Waals surface area (Å²) < 4.78 is 50.5. The van der Waals surface area contributed by atoms with Gasteiger partial charge in [-0.3, -0.25) is 4.79 Å². The summed E-state index contributed by atoms with van der Waals surface area (Å²) in [6, 6.07) is 2.52. The van der Waals surface area contributed by atoms with Crippen LogP contribution in [0.4, 0.5) is 17.6 Å². The van der Waals surface area contributed by atoms with Gasteiger partial charge in [-0.1, -0.05) is 13.0 Å². The molecule has 5 heteroatoms. The molecule has 0 aliphatic rings. The number of aryl methyl sites for hydroxylation is 1. The van der Waals surface area contributed by atoms with Crippen molar-refractivity contribution in [1.82, 2.24) is 0 Å². The standard InChI is InChI=1S/C12H12F4O/c1-2-10(17)6-4-8-3-5-9(13)7-11(8)12(14,15)16/h3,5,7H,2,4,6H2,1H3. The number of hydrogen-bond donors (Lipinski definition) is 0. The molecule has 1 nitrogen and oxygen atoms in total. The lowest BCUT2D eigenvalue weighted by molar-refractivity contribution is -0.138. The number of hydrogen-bond acceptors (Lipinski definition) is 1. The van der Waals surface area contributed by atoms with Gasteiger partial charge in [-0.05, 0) is 24.1 Å². The predicted octanol–water partition coefficient (Wildman–Crippen LogP) is 3.76. The third-order valence-corrected chi connectivity index (χ3v) is 2.44. The lowest BCUT2D eigenvalue weighted by Crippen LogP contribution is -2.11. The van der Waals surface area contributed by atoms with Crippen LogP contribution in [0.25, 0.3) is 0 Å². The highest BCUT2D eigenvalue weighted by Gasteiger charge is 2.33. The largest absolute Gasteiger partial charge is 0.416 e. The second-order valence-corrected chi connectivity index (χ2v) is 3.69. The Labute approximate surface area is 96.4 Å². The minimum atomic E-state index is -4.59. The van der Waals surface area contributed by atoms with E-state index >= 15 is 0 Å². The highest BCUT2D eigenvalue weighted by Crippen LogP contribution is 2.33. The van der Waals surface area contributed by atoms with Gasteiger partial charge in [-0.2, -0.15) is 13.2 Å². The third-order valence-electron chi connectivity index (χ3n) is 2.44. The van der Waals surface area contributed by atoms with Gasteiger partial charge in [0.1, 0.15) is 11.6 Å². The van der Waals surface area contributed by atoms with Crippen LogP contribution in [0.2, 0.25) is 0 Å². The summed E-state index contributed by atoms with van der Waals surface area (Å²) in [4.78, 5) is 11.1. The monoisotopic (exact) mass is 248 g/mol. The Bertz CT molecular complexity index is 409. The fourth-order valence-electron chi connectivity index (χ4n) is 1.48. The Balaban J connectivity index is 2.95. The summed E-state index contributed by atoms with van der Waals surface area (Å²) >= 11 is 0. The maximum atomic E-state index is 12.8. The Kier molecular flexibility index (Phi) is 4.26. The summed E-state index contributed by atoms with van der Waals surface area (Å²) in [5.41, 5.74) is -1.04. The van der Waals surface area contributed by atoms with Crippen molar-refractivity contribution in [2.75, 3.05) is 0 Å². The number of carbonyl (C=O) groups is 1. The first-order valence-electron chi connectivity index (χ1n) is 5.22. The minimum absolute atomic E-state index is 0.0121. The Morgan fingerprint density at radius 1 is 1.29 bits per heavy atom. The lowest BCUT2D eigenvalue weighted by atomic mass is 10.0. The Morgan fingerprint density at radius 3 is 2.47 bits per heavy atom. The van der Waals surface area contributed by atoms with Crippen LogP contribution in [0.1, 0.15) is 30.9 Å². The molecule has 0 unspecified atom stereocenters. The molecule has 0 aliphatic heterocycles. The van der Waals surface area contributed by atoms with Gasteiger partial charge in [0.05, 0.1) is 5.56 Å². The van der Waals surface area contributed by atoms with Crippen molar-refractivity contribution in [2.45, 2.75) is 32.4 Å². The van der Waals surface area contributed by atoms with E-state index in [2.05, 4.69) is 0 Å². The Morgan fingerprint density at radius 2 is 1.94 bits per heavy atom. The number of ketones is 1. The molecule has 0 atom stereocenters. The Hall–Kier alpha value is -1.39. The third kappa shape index (κ3) is 3.84. The first-order valence-corrected chi connectivity index (χ1v) is 5.22. The minimum Gasteiger partial charge on any atom is -0.300 e. The number of carbonyl (C=O) groups excluding carboxylic acids is 1. The second kappa shape index (κ2) is 5.29. The molecule has 0 heterocycles. The number of Topliss-reactive ketones (excluding diaryl/α,β-unsaturated/α-hetero) is 1. The van der Waals surface area contributed by atoms with Crippen molar-refractivity contribution in [2.24, 2.45) is 0 Å². The number of benzene rings is 1. The molecule has 94 valence electrons. The molecular weight excluding hydrogens is 236 g/mol. The topological polar surface area (TPSA) is 17.1 Å². The molecule has 1 aromatic carbocycles. The van der Waals surface area contributed by atoms with Crippen molar-refractivity contribution in [3.8, 4) is 0 Å². The molecule has 0 aliphatic carbocycles. The summed E-state index contributed by atoms with van der Waals surface area (Å²) in [5, 5.41) is 0.